The van der Waals surface area contributed by atoms with Gasteiger partial charge >= 0.3 is 0 Å². The fourth-order valence-electron chi connectivity index (χ4n) is 3.00. The first kappa shape index (κ1) is 23.5. The molecule has 164 valence electrons. The normalized spacial score (nSPS) is 12.8. The molecule has 1 amide bonds. The largest absolute Gasteiger partial charge is 0.325 e. The summed E-state index contributed by atoms with van der Waals surface area (Å²) in [7, 11) is -0.514. The average Bonchev–Trinajstić information content (AvgIpc) is 2.73. The first-order valence-corrected chi connectivity index (χ1v) is 12.4. The topological polar surface area (TPSA) is 79.4 Å². The van der Waals surface area contributed by atoms with E-state index in [0.29, 0.717) is 27.7 Å². The Balaban J connectivity index is 1.84. The van der Waals surface area contributed by atoms with Crippen LogP contribution in [0.4, 0.5) is 5.69 Å². The number of nitrogens with one attached hydrogen (secondary N) is 1. The number of hydrogen-bond donors (Lipinski definition) is 1. The lowest BCUT2D eigenvalue weighted by Crippen LogP contribution is -2.24. The lowest BCUT2D eigenvalue weighted by atomic mass is 10.1. The van der Waals surface area contributed by atoms with Crippen molar-refractivity contribution in [2.45, 2.75) is 35.4 Å². The van der Waals surface area contributed by atoms with Gasteiger partial charge in [-0.1, -0.05) is 30.3 Å². The Morgan fingerprint density at radius 2 is 1.84 bits per heavy atom. The third-order valence-corrected chi connectivity index (χ3v) is 8.13. The molecule has 0 spiro atoms. The fourth-order valence-corrected chi connectivity index (χ4v) is 5.07. The van der Waals surface area contributed by atoms with E-state index >= 15 is 0 Å². The van der Waals surface area contributed by atoms with E-state index in [2.05, 4.69) is 10.3 Å². The number of amides is 1. The van der Waals surface area contributed by atoms with Gasteiger partial charge in [-0.05, 0) is 67.4 Å². The van der Waals surface area contributed by atoms with Crippen molar-refractivity contribution in [3.8, 4) is 0 Å². The van der Waals surface area contributed by atoms with Crippen molar-refractivity contribution < 1.29 is 13.2 Å². The van der Waals surface area contributed by atoms with Crippen LogP contribution in [0.1, 0.15) is 18.9 Å². The zero-order valence-corrected chi connectivity index (χ0v) is 20.1. The average molecular weight is 478 g/mol. The molecular formula is C22H24ClN3O3S2. The van der Waals surface area contributed by atoms with E-state index in [1.165, 1.54) is 30.2 Å². The second-order valence-electron chi connectivity index (χ2n) is 7.25. The molecule has 1 atom stereocenters. The molecule has 1 aromatic heterocycles. The number of sulfonamides is 1. The molecule has 0 saturated heterocycles. The van der Waals surface area contributed by atoms with Gasteiger partial charge in [0.1, 0.15) is 0 Å². The molecule has 9 heteroatoms. The number of halogens is 1. The van der Waals surface area contributed by atoms with Gasteiger partial charge in [0.05, 0.1) is 20.7 Å². The van der Waals surface area contributed by atoms with Crippen LogP contribution >= 0.6 is 23.4 Å². The van der Waals surface area contributed by atoms with E-state index in [-0.39, 0.29) is 16.1 Å². The number of benzene rings is 2. The highest BCUT2D eigenvalue weighted by atomic mass is 35.5. The van der Waals surface area contributed by atoms with Gasteiger partial charge in [0.2, 0.25) is 15.9 Å². The first-order chi connectivity index (χ1) is 14.6. The monoisotopic (exact) mass is 477 g/mol. The second-order valence-corrected chi connectivity index (χ2v) is 11.1. The van der Waals surface area contributed by atoms with E-state index in [4.69, 9.17) is 11.6 Å². The molecule has 2 aromatic carbocycles. The summed E-state index contributed by atoms with van der Waals surface area (Å²) in [5.41, 5.74) is 2.27. The molecule has 0 saturated carbocycles. The van der Waals surface area contributed by atoms with Gasteiger partial charge in [-0.15, -0.1) is 0 Å². The van der Waals surface area contributed by atoms with Crippen molar-refractivity contribution in [3.63, 3.8) is 0 Å². The van der Waals surface area contributed by atoms with Crippen LogP contribution in [-0.2, 0) is 14.8 Å². The number of aryl methyl sites for hydroxylation is 1. The van der Waals surface area contributed by atoms with Crippen molar-refractivity contribution in [1.29, 1.82) is 0 Å². The van der Waals surface area contributed by atoms with Crippen LogP contribution in [0.5, 0.6) is 0 Å². The summed E-state index contributed by atoms with van der Waals surface area (Å²) in [4.78, 5) is 17.6. The summed E-state index contributed by atoms with van der Waals surface area (Å²) in [6.45, 7) is 3.86. The first-order valence-electron chi connectivity index (χ1n) is 9.69. The summed E-state index contributed by atoms with van der Waals surface area (Å²) in [6.07, 6.45) is 0.628. The zero-order valence-electron chi connectivity index (χ0n) is 17.7. The van der Waals surface area contributed by atoms with Crippen molar-refractivity contribution in [2.75, 3.05) is 19.4 Å². The predicted molar refractivity (Wildman–Crippen MR) is 127 cm³/mol. The number of hydrogen-bond acceptors (Lipinski definition) is 5. The summed E-state index contributed by atoms with van der Waals surface area (Å²) in [5, 5.41) is 4.68. The minimum atomic E-state index is -3.52. The number of aromatic nitrogens is 1. The lowest BCUT2D eigenvalue weighted by Gasteiger charge is -2.16. The molecule has 31 heavy (non-hydrogen) atoms. The SMILES string of the molecule is CCC(Sc1cc(C)c2cc(S(=O)(=O)N(C)C)ccc2n1)C(=O)Nc1ccc(Cl)cc1. The van der Waals surface area contributed by atoms with E-state index in [9.17, 15) is 13.2 Å². The number of nitrogens with zero attached hydrogens (tertiary/aromatic N) is 2. The molecule has 0 aliphatic carbocycles. The standard InChI is InChI=1S/C22H24ClN3O3S2/c1-5-20(22(27)24-16-8-6-15(23)7-9-16)30-21-12-14(2)18-13-17(10-11-19(18)25-21)31(28,29)26(3)4/h6-13,20H,5H2,1-4H3,(H,24,27). The highest BCUT2D eigenvalue weighted by Gasteiger charge is 2.21. The highest BCUT2D eigenvalue weighted by molar-refractivity contribution is 8.00. The summed E-state index contributed by atoms with van der Waals surface area (Å²) >= 11 is 7.28. The number of rotatable bonds is 7. The predicted octanol–water partition coefficient (Wildman–Crippen LogP) is 4.96. The Bertz CT molecular complexity index is 1210. The molecule has 0 aliphatic heterocycles. The van der Waals surface area contributed by atoms with Crippen molar-refractivity contribution in [3.05, 3.63) is 59.1 Å². The van der Waals surface area contributed by atoms with Gasteiger partial charge in [0.25, 0.3) is 0 Å². The molecule has 3 rings (SSSR count). The van der Waals surface area contributed by atoms with Crippen LogP contribution in [0.2, 0.25) is 5.02 Å². The lowest BCUT2D eigenvalue weighted by molar-refractivity contribution is -0.115. The van der Waals surface area contributed by atoms with E-state index < -0.39 is 10.0 Å². The maximum Gasteiger partial charge on any atom is 0.242 e. The molecular weight excluding hydrogens is 454 g/mol. The summed E-state index contributed by atoms with van der Waals surface area (Å²) < 4.78 is 26.0. The minimum absolute atomic E-state index is 0.109. The fraction of sp³-hybridized carbons (Fsp3) is 0.273. The second kappa shape index (κ2) is 9.56. The molecule has 1 heterocycles. The van der Waals surface area contributed by atoms with Crippen molar-refractivity contribution in [1.82, 2.24) is 9.29 Å². The van der Waals surface area contributed by atoms with Crippen LogP contribution in [0.25, 0.3) is 10.9 Å². The van der Waals surface area contributed by atoms with Gasteiger partial charge in [0, 0.05) is 30.2 Å². The highest BCUT2D eigenvalue weighted by Crippen LogP contribution is 2.30. The molecule has 1 unspecified atom stereocenters. The molecule has 0 bridgehead atoms. The maximum absolute atomic E-state index is 12.7. The van der Waals surface area contributed by atoms with Crippen LogP contribution in [0.15, 0.2) is 58.5 Å². The minimum Gasteiger partial charge on any atom is -0.325 e. The summed E-state index contributed by atoms with van der Waals surface area (Å²) in [5.74, 6) is -0.109. The molecule has 0 radical (unpaired) electrons. The smallest absolute Gasteiger partial charge is 0.242 e. The van der Waals surface area contributed by atoms with Crippen LogP contribution in [0, 0.1) is 6.92 Å². The van der Waals surface area contributed by atoms with E-state index in [1.807, 2.05) is 19.9 Å². The Hall–Kier alpha value is -2.13. The molecule has 0 aliphatic rings. The van der Waals surface area contributed by atoms with E-state index in [0.717, 1.165) is 10.9 Å². The Labute approximate surface area is 192 Å². The zero-order chi connectivity index (χ0) is 22.8. The number of anilines is 1. The van der Waals surface area contributed by atoms with Gasteiger partial charge in [-0.2, -0.15) is 0 Å². The van der Waals surface area contributed by atoms with Gasteiger partial charge in [-0.25, -0.2) is 17.7 Å². The van der Waals surface area contributed by atoms with Crippen molar-refractivity contribution in [2.24, 2.45) is 0 Å². The molecule has 0 fully saturated rings. The van der Waals surface area contributed by atoms with Gasteiger partial charge < -0.3 is 5.32 Å². The molecule has 6 nitrogen and oxygen atoms in total. The maximum atomic E-state index is 12.7. The number of pyridine rings is 1. The van der Waals surface area contributed by atoms with Crippen LogP contribution in [0.3, 0.4) is 0 Å². The van der Waals surface area contributed by atoms with Crippen LogP contribution < -0.4 is 5.32 Å². The summed E-state index contributed by atoms with van der Waals surface area (Å²) in [6, 6.07) is 13.8. The van der Waals surface area contributed by atoms with Crippen molar-refractivity contribution >= 4 is 55.9 Å². The third kappa shape index (κ3) is 5.38. The number of thioether (sulfide) groups is 1. The van der Waals surface area contributed by atoms with Gasteiger partial charge in [0.15, 0.2) is 0 Å². The quantitative estimate of drug-likeness (QED) is 0.487. The number of fused-ring (bicyclic) bond motifs is 1. The molecule has 3 aromatic rings. The Kier molecular flexibility index (Phi) is 7.26. The van der Waals surface area contributed by atoms with Gasteiger partial charge in [-0.3, -0.25) is 4.79 Å². The number of carbonyl (C=O) groups excluding carboxylic acids is 1. The van der Waals surface area contributed by atoms with Crippen LogP contribution in [-0.4, -0.2) is 43.0 Å². The van der Waals surface area contributed by atoms with E-state index in [1.54, 1.807) is 42.5 Å². The number of carbonyl (C=O) groups is 1. The third-order valence-electron chi connectivity index (χ3n) is 4.78. The Morgan fingerprint density at radius 1 is 1.16 bits per heavy atom. The Morgan fingerprint density at radius 3 is 2.45 bits per heavy atom. The molecule has 1 N–H and O–H groups in total.